The molecule has 0 bridgehead atoms. The second-order valence-electron chi connectivity index (χ2n) is 3.62. The highest BCUT2D eigenvalue weighted by Gasteiger charge is 2.45. The van der Waals surface area contributed by atoms with Crippen LogP contribution in [-0.4, -0.2) is 13.0 Å². The lowest BCUT2D eigenvalue weighted by atomic mass is 9.93. The zero-order valence-corrected chi connectivity index (χ0v) is 7.29. The van der Waals surface area contributed by atoms with E-state index >= 15 is 0 Å². The van der Waals surface area contributed by atoms with Gasteiger partial charge in [0.25, 0.3) is 0 Å². The standard InChI is InChI=1S/C11H11FO/c12-8-11(5-6-11)10-4-2-1-3-9(10)7-13/h1-4,7H,5-6,8H2. The Bertz CT molecular complexity index is 329. The van der Waals surface area contributed by atoms with Crippen molar-refractivity contribution in [3.8, 4) is 0 Å². The van der Waals surface area contributed by atoms with Crippen LogP contribution in [0.15, 0.2) is 24.3 Å². The van der Waals surface area contributed by atoms with E-state index in [1.165, 1.54) is 0 Å². The van der Waals surface area contributed by atoms with Gasteiger partial charge in [-0.1, -0.05) is 24.3 Å². The van der Waals surface area contributed by atoms with Crippen LogP contribution in [0.4, 0.5) is 4.39 Å². The fraction of sp³-hybridized carbons (Fsp3) is 0.364. The van der Waals surface area contributed by atoms with Gasteiger partial charge in [0, 0.05) is 11.0 Å². The largest absolute Gasteiger partial charge is 0.298 e. The third kappa shape index (κ3) is 1.26. The van der Waals surface area contributed by atoms with Crippen LogP contribution in [0.25, 0.3) is 0 Å². The number of carbonyl (C=O) groups excluding carboxylic acids is 1. The van der Waals surface area contributed by atoms with Crippen LogP contribution in [-0.2, 0) is 5.41 Å². The highest BCUT2D eigenvalue weighted by molar-refractivity contribution is 5.78. The molecular formula is C11H11FO. The van der Waals surface area contributed by atoms with Gasteiger partial charge in [-0.05, 0) is 18.4 Å². The monoisotopic (exact) mass is 178 g/mol. The predicted molar refractivity (Wildman–Crippen MR) is 48.7 cm³/mol. The van der Waals surface area contributed by atoms with E-state index in [0.29, 0.717) is 5.56 Å². The van der Waals surface area contributed by atoms with E-state index in [1.807, 2.05) is 18.2 Å². The summed E-state index contributed by atoms with van der Waals surface area (Å²) in [5.74, 6) is 0. The normalized spacial score (nSPS) is 18.2. The van der Waals surface area contributed by atoms with Crippen molar-refractivity contribution in [2.24, 2.45) is 0 Å². The van der Waals surface area contributed by atoms with Crippen molar-refractivity contribution in [2.45, 2.75) is 18.3 Å². The Balaban J connectivity index is 2.44. The van der Waals surface area contributed by atoms with Crippen LogP contribution in [0.5, 0.6) is 0 Å². The van der Waals surface area contributed by atoms with Gasteiger partial charge < -0.3 is 0 Å². The molecule has 1 saturated carbocycles. The first-order valence-corrected chi connectivity index (χ1v) is 4.43. The van der Waals surface area contributed by atoms with Crippen molar-refractivity contribution in [3.05, 3.63) is 35.4 Å². The van der Waals surface area contributed by atoms with E-state index in [1.54, 1.807) is 6.07 Å². The Morgan fingerprint density at radius 3 is 2.62 bits per heavy atom. The summed E-state index contributed by atoms with van der Waals surface area (Å²) in [5.41, 5.74) is 1.20. The molecule has 1 aromatic rings. The molecular weight excluding hydrogens is 167 g/mol. The molecule has 0 amide bonds. The van der Waals surface area contributed by atoms with Gasteiger partial charge in [0.2, 0.25) is 0 Å². The number of halogens is 1. The molecule has 1 aliphatic carbocycles. The van der Waals surface area contributed by atoms with Gasteiger partial charge in [-0.15, -0.1) is 0 Å². The second-order valence-corrected chi connectivity index (χ2v) is 3.62. The van der Waals surface area contributed by atoms with Gasteiger partial charge in [-0.3, -0.25) is 9.18 Å². The molecule has 1 fully saturated rings. The molecule has 1 aromatic carbocycles. The van der Waals surface area contributed by atoms with E-state index in [4.69, 9.17) is 0 Å². The van der Waals surface area contributed by atoms with Crippen LogP contribution in [0.1, 0.15) is 28.8 Å². The summed E-state index contributed by atoms with van der Waals surface area (Å²) >= 11 is 0. The molecule has 0 aromatic heterocycles. The van der Waals surface area contributed by atoms with Crippen molar-refractivity contribution in [3.63, 3.8) is 0 Å². The molecule has 2 rings (SSSR count). The summed E-state index contributed by atoms with van der Waals surface area (Å²) in [5, 5.41) is 0. The summed E-state index contributed by atoms with van der Waals surface area (Å²) in [4.78, 5) is 10.7. The summed E-state index contributed by atoms with van der Waals surface area (Å²) in [6.45, 7) is -0.349. The third-order valence-electron chi connectivity index (χ3n) is 2.77. The van der Waals surface area contributed by atoms with Crippen molar-refractivity contribution in [1.82, 2.24) is 0 Å². The van der Waals surface area contributed by atoms with Crippen LogP contribution in [0.2, 0.25) is 0 Å². The van der Waals surface area contributed by atoms with Crippen molar-refractivity contribution in [2.75, 3.05) is 6.67 Å². The van der Waals surface area contributed by atoms with Gasteiger partial charge >= 0.3 is 0 Å². The Morgan fingerprint density at radius 1 is 1.38 bits per heavy atom. The third-order valence-corrected chi connectivity index (χ3v) is 2.77. The van der Waals surface area contributed by atoms with E-state index in [9.17, 15) is 9.18 Å². The average molecular weight is 178 g/mol. The maximum absolute atomic E-state index is 12.7. The molecule has 0 heterocycles. The fourth-order valence-corrected chi connectivity index (χ4v) is 1.71. The quantitative estimate of drug-likeness (QED) is 0.650. The number of benzene rings is 1. The highest BCUT2D eigenvalue weighted by atomic mass is 19.1. The maximum Gasteiger partial charge on any atom is 0.150 e. The highest BCUT2D eigenvalue weighted by Crippen LogP contribution is 2.49. The van der Waals surface area contributed by atoms with Crippen molar-refractivity contribution >= 4 is 6.29 Å². The van der Waals surface area contributed by atoms with Gasteiger partial charge in [-0.25, -0.2) is 0 Å². The molecule has 0 atom stereocenters. The Hall–Kier alpha value is -1.18. The Kier molecular flexibility index (Phi) is 1.91. The minimum absolute atomic E-state index is 0.322. The van der Waals surface area contributed by atoms with Gasteiger partial charge in [-0.2, -0.15) is 0 Å². The SMILES string of the molecule is O=Cc1ccccc1C1(CF)CC1. The van der Waals surface area contributed by atoms with Gasteiger partial charge in [0.05, 0.1) is 6.67 Å². The lowest BCUT2D eigenvalue weighted by molar-refractivity contribution is 0.112. The predicted octanol–water partition coefficient (Wildman–Crippen LogP) is 2.50. The first kappa shape index (κ1) is 8.42. The Labute approximate surface area is 76.6 Å². The molecule has 0 unspecified atom stereocenters. The zero-order valence-electron chi connectivity index (χ0n) is 7.29. The molecule has 1 aliphatic rings. The smallest absolute Gasteiger partial charge is 0.150 e. The maximum atomic E-state index is 12.7. The summed E-state index contributed by atoms with van der Waals surface area (Å²) < 4.78 is 12.7. The minimum Gasteiger partial charge on any atom is -0.298 e. The second kappa shape index (κ2) is 2.95. The molecule has 1 nitrogen and oxygen atoms in total. The minimum atomic E-state index is -0.349. The van der Waals surface area contributed by atoms with Crippen LogP contribution in [0.3, 0.4) is 0 Å². The molecule has 0 N–H and O–H groups in total. The average Bonchev–Trinajstić information content (AvgIpc) is 2.98. The molecule has 68 valence electrons. The first-order chi connectivity index (χ1) is 6.32. The van der Waals surface area contributed by atoms with E-state index < -0.39 is 0 Å². The molecule has 2 heteroatoms. The van der Waals surface area contributed by atoms with Crippen LogP contribution < -0.4 is 0 Å². The first-order valence-electron chi connectivity index (χ1n) is 4.43. The summed E-state index contributed by atoms with van der Waals surface area (Å²) in [6, 6.07) is 7.27. The lowest BCUT2D eigenvalue weighted by Gasteiger charge is -2.12. The Morgan fingerprint density at radius 2 is 2.08 bits per heavy atom. The molecule has 0 saturated heterocycles. The van der Waals surface area contributed by atoms with Crippen LogP contribution in [0, 0.1) is 0 Å². The molecule has 13 heavy (non-hydrogen) atoms. The van der Waals surface area contributed by atoms with Gasteiger partial charge in [0.15, 0.2) is 0 Å². The summed E-state index contributed by atoms with van der Waals surface area (Å²) in [6.07, 6.45) is 2.55. The zero-order chi connectivity index (χ0) is 9.31. The lowest BCUT2D eigenvalue weighted by Crippen LogP contribution is -2.11. The number of aldehydes is 1. The number of rotatable bonds is 3. The van der Waals surface area contributed by atoms with E-state index in [-0.39, 0.29) is 12.1 Å². The number of carbonyl (C=O) groups is 1. The van der Waals surface area contributed by atoms with E-state index in [0.717, 1.165) is 24.7 Å². The molecule has 0 spiro atoms. The molecule has 0 radical (unpaired) electrons. The topological polar surface area (TPSA) is 17.1 Å². The van der Waals surface area contributed by atoms with Gasteiger partial charge in [0.1, 0.15) is 6.29 Å². The molecule has 0 aliphatic heterocycles. The van der Waals surface area contributed by atoms with E-state index in [2.05, 4.69) is 0 Å². The van der Waals surface area contributed by atoms with Crippen molar-refractivity contribution < 1.29 is 9.18 Å². The number of alkyl halides is 1. The summed E-state index contributed by atoms with van der Waals surface area (Å²) in [7, 11) is 0. The number of hydrogen-bond donors (Lipinski definition) is 0. The fourth-order valence-electron chi connectivity index (χ4n) is 1.71. The number of hydrogen-bond acceptors (Lipinski definition) is 1. The van der Waals surface area contributed by atoms with Crippen molar-refractivity contribution in [1.29, 1.82) is 0 Å². The van der Waals surface area contributed by atoms with Crippen LogP contribution >= 0.6 is 0 Å².